The Bertz CT molecular complexity index is 1740. The molecule has 3 aliphatic heterocycles. The van der Waals surface area contributed by atoms with E-state index in [1.165, 1.54) is 7.11 Å². The van der Waals surface area contributed by atoms with E-state index in [-0.39, 0.29) is 12.1 Å². The summed E-state index contributed by atoms with van der Waals surface area (Å²) in [4.78, 5) is 26.9. The van der Waals surface area contributed by atoms with Crippen LogP contribution in [-0.2, 0) is 28.4 Å². The number of hydrogen-bond acceptors (Lipinski definition) is 9. The first kappa shape index (κ1) is 27.7. The van der Waals surface area contributed by atoms with Gasteiger partial charge < -0.3 is 28.4 Å². The van der Waals surface area contributed by atoms with Crippen LogP contribution in [0.4, 0.5) is 5.69 Å². The molecule has 2 saturated heterocycles. The number of esters is 1. The number of imidazole rings is 1. The Labute approximate surface area is 260 Å². The highest BCUT2D eigenvalue weighted by molar-refractivity contribution is 6.30. The maximum atomic E-state index is 12.3. The van der Waals surface area contributed by atoms with Gasteiger partial charge in [-0.15, -0.1) is 0 Å². The predicted molar refractivity (Wildman–Crippen MR) is 164 cm³/mol. The second-order valence-corrected chi connectivity index (χ2v) is 12.5. The van der Waals surface area contributed by atoms with E-state index in [4.69, 9.17) is 35.5 Å². The Hall–Kier alpha value is -3.86. The third-order valence-electron chi connectivity index (χ3n) is 9.53. The second-order valence-electron chi connectivity index (χ2n) is 12.1. The molecular formula is C33H34ClN5O5. The zero-order valence-electron chi connectivity index (χ0n) is 24.7. The number of benzene rings is 2. The molecule has 0 N–H and O–H groups in total. The Morgan fingerprint density at radius 2 is 1.95 bits per heavy atom. The van der Waals surface area contributed by atoms with Gasteiger partial charge in [0, 0.05) is 44.9 Å². The minimum Gasteiger partial charge on any atom is -0.465 e. The Morgan fingerprint density at radius 1 is 1.09 bits per heavy atom. The van der Waals surface area contributed by atoms with E-state index in [9.17, 15) is 4.79 Å². The lowest BCUT2D eigenvalue weighted by atomic mass is 9.81. The maximum Gasteiger partial charge on any atom is 0.337 e. The van der Waals surface area contributed by atoms with Gasteiger partial charge in [-0.05, 0) is 61.7 Å². The van der Waals surface area contributed by atoms with Crippen molar-refractivity contribution in [3.63, 3.8) is 0 Å². The van der Waals surface area contributed by atoms with E-state index in [0.717, 1.165) is 86.1 Å². The molecule has 4 aromatic rings. The minimum atomic E-state index is -1.03. The van der Waals surface area contributed by atoms with Crippen LogP contribution >= 0.6 is 11.6 Å². The van der Waals surface area contributed by atoms with Crippen molar-refractivity contribution in [3.05, 3.63) is 76.8 Å². The van der Waals surface area contributed by atoms with Crippen molar-refractivity contribution in [2.45, 2.75) is 63.3 Å². The molecule has 0 bridgehead atoms. The summed E-state index contributed by atoms with van der Waals surface area (Å²) in [6, 6.07) is 16.1. The van der Waals surface area contributed by atoms with Crippen LogP contribution in [0.5, 0.6) is 11.5 Å². The van der Waals surface area contributed by atoms with Gasteiger partial charge in [-0.25, -0.2) is 9.78 Å². The van der Waals surface area contributed by atoms with Crippen molar-refractivity contribution < 1.29 is 23.7 Å². The Kier molecular flexibility index (Phi) is 6.69. The molecule has 5 heterocycles. The summed E-state index contributed by atoms with van der Waals surface area (Å²) in [6.07, 6.45) is 5.04. The first-order valence-electron chi connectivity index (χ1n) is 15.2. The predicted octanol–water partition coefficient (Wildman–Crippen LogP) is 5.16. The van der Waals surface area contributed by atoms with Gasteiger partial charge in [-0.3, -0.25) is 9.88 Å². The van der Waals surface area contributed by atoms with E-state index in [1.807, 2.05) is 37.3 Å². The molecule has 0 spiro atoms. The molecule has 10 nitrogen and oxygen atoms in total. The van der Waals surface area contributed by atoms with E-state index in [0.29, 0.717) is 28.4 Å². The molecule has 8 rings (SSSR count). The fraction of sp³-hybridized carbons (Fsp3) is 0.424. The van der Waals surface area contributed by atoms with Crippen molar-refractivity contribution in [1.82, 2.24) is 19.4 Å². The van der Waals surface area contributed by atoms with Crippen molar-refractivity contribution >= 4 is 34.3 Å². The monoisotopic (exact) mass is 615 g/mol. The summed E-state index contributed by atoms with van der Waals surface area (Å²) in [5.41, 5.74) is 4.08. The van der Waals surface area contributed by atoms with Crippen molar-refractivity contribution in [2.24, 2.45) is 0 Å². The van der Waals surface area contributed by atoms with Crippen LogP contribution in [0, 0.1) is 0 Å². The number of halogens is 1. The van der Waals surface area contributed by atoms with E-state index in [1.54, 1.807) is 18.3 Å². The smallest absolute Gasteiger partial charge is 0.337 e. The number of carbonyl (C=O) groups excluding carboxylic acids is 1. The molecule has 1 saturated carbocycles. The van der Waals surface area contributed by atoms with E-state index < -0.39 is 5.79 Å². The summed E-state index contributed by atoms with van der Waals surface area (Å²) in [6.45, 7) is 5.88. The lowest BCUT2D eigenvalue weighted by Gasteiger charge is -2.54. The first-order valence-corrected chi connectivity index (χ1v) is 15.6. The van der Waals surface area contributed by atoms with Crippen LogP contribution in [0.25, 0.3) is 11.0 Å². The fourth-order valence-corrected chi connectivity index (χ4v) is 7.07. The molecule has 4 aliphatic rings. The van der Waals surface area contributed by atoms with Crippen LogP contribution in [0.1, 0.15) is 48.1 Å². The summed E-state index contributed by atoms with van der Waals surface area (Å²) >= 11 is 6.08. The van der Waals surface area contributed by atoms with Gasteiger partial charge in [-0.2, -0.15) is 0 Å². The van der Waals surface area contributed by atoms with Crippen LogP contribution in [0.15, 0.2) is 54.7 Å². The van der Waals surface area contributed by atoms with Gasteiger partial charge in [-0.1, -0.05) is 17.7 Å². The number of anilines is 1. The maximum absolute atomic E-state index is 12.3. The normalized spacial score (nSPS) is 25.8. The number of para-hydroxylation sites is 1. The largest absolute Gasteiger partial charge is 0.465 e. The highest BCUT2D eigenvalue weighted by atomic mass is 35.5. The van der Waals surface area contributed by atoms with Gasteiger partial charge in [0.05, 0.1) is 53.6 Å². The van der Waals surface area contributed by atoms with Crippen LogP contribution < -0.4 is 14.4 Å². The van der Waals surface area contributed by atoms with Gasteiger partial charge >= 0.3 is 5.97 Å². The number of hydrogen-bond donors (Lipinski definition) is 0. The average Bonchev–Trinajstić information content (AvgIpc) is 3.52. The number of nitrogens with zero attached hydrogens (tertiary/aromatic N) is 5. The van der Waals surface area contributed by atoms with Gasteiger partial charge in [0.1, 0.15) is 11.5 Å². The molecule has 228 valence electrons. The number of carbonyl (C=O) groups is 1. The molecule has 2 aromatic carbocycles. The lowest BCUT2D eigenvalue weighted by molar-refractivity contribution is -0.0717. The molecule has 1 unspecified atom stereocenters. The summed E-state index contributed by atoms with van der Waals surface area (Å²) in [5, 5.41) is 0.570. The minimum absolute atomic E-state index is 0.164. The first-order chi connectivity index (χ1) is 21.4. The summed E-state index contributed by atoms with van der Waals surface area (Å²) in [7, 11) is 1.41. The quantitative estimate of drug-likeness (QED) is 0.262. The van der Waals surface area contributed by atoms with Crippen LogP contribution in [-0.4, -0.2) is 70.4 Å². The number of rotatable bonds is 7. The van der Waals surface area contributed by atoms with Crippen LogP contribution in [0.3, 0.4) is 0 Å². The number of pyridine rings is 1. The molecule has 3 fully saturated rings. The highest BCUT2D eigenvalue weighted by Gasteiger charge is 2.47. The van der Waals surface area contributed by atoms with Crippen molar-refractivity contribution in [1.29, 1.82) is 0 Å². The molecule has 0 amide bonds. The number of piperazine rings is 1. The Balaban J connectivity index is 1.04. The fourth-order valence-electron chi connectivity index (χ4n) is 6.96. The molecular weight excluding hydrogens is 582 g/mol. The number of aromatic nitrogens is 3. The van der Waals surface area contributed by atoms with E-state index >= 15 is 0 Å². The van der Waals surface area contributed by atoms with Crippen molar-refractivity contribution in [2.75, 3.05) is 31.7 Å². The molecule has 0 radical (unpaired) electrons. The highest BCUT2D eigenvalue weighted by Crippen LogP contribution is 2.51. The number of ether oxygens (including phenoxy) is 4. The summed E-state index contributed by atoms with van der Waals surface area (Å²) in [5.74, 6) is 1.11. The molecule has 4 atom stereocenters. The number of fused-ring (bicyclic) bond motifs is 3. The molecule has 2 aromatic heterocycles. The van der Waals surface area contributed by atoms with Gasteiger partial charge in [0.25, 0.3) is 5.79 Å². The van der Waals surface area contributed by atoms with E-state index in [2.05, 4.69) is 25.4 Å². The lowest BCUT2D eigenvalue weighted by Crippen LogP contribution is -2.64. The third-order valence-corrected chi connectivity index (χ3v) is 9.76. The topological polar surface area (TPSA) is 91.2 Å². The average molecular weight is 616 g/mol. The van der Waals surface area contributed by atoms with Crippen LogP contribution in [0.2, 0.25) is 5.02 Å². The zero-order valence-corrected chi connectivity index (χ0v) is 25.5. The Morgan fingerprint density at radius 3 is 2.68 bits per heavy atom. The second kappa shape index (κ2) is 10.6. The zero-order chi connectivity index (χ0) is 30.0. The molecule has 44 heavy (non-hydrogen) atoms. The van der Waals surface area contributed by atoms with Gasteiger partial charge in [0.2, 0.25) is 0 Å². The standard InChI is InChI=1S/C33H34ClN5O5/c1-33(29-11-7-21(34)17-35-29)43-28-5-3-4-26(31(28)44-33)38-14-13-37(24-9-10-25(24)38)19-30-36-23-8-6-20(32(40)41-2)16-27(23)39(30)18-22-12-15-42-22/h3-8,11,16-17,22,24-25H,9-10,12-15,18-19H2,1-2H3/t22-,24-,25+,33?/m0/s1. The molecule has 11 heteroatoms. The summed E-state index contributed by atoms with van der Waals surface area (Å²) < 4.78 is 25.9. The molecule has 1 aliphatic carbocycles. The van der Waals surface area contributed by atoms with Crippen molar-refractivity contribution in [3.8, 4) is 11.5 Å². The van der Waals surface area contributed by atoms with Gasteiger partial charge in [0.15, 0.2) is 11.5 Å². The number of methoxy groups -OCH3 is 1. The third kappa shape index (κ3) is 4.58. The SMILES string of the molecule is COC(=O)c1ccc2nc(CN3CCN(c4cccc5c4OC(C)(c4ccc(Cl)cn4)O5)[C@@H]4CC[C@@H]43)n(C[C@@H]3CCO3)c2c1.